The molecule has 0 aliphatic carbocycles. The van der Waals surface area contributed by atoms with E-state index in [0.717, 1.165) is 16.6 Å². The second kappa shape index (κ2) is 5.80. The molecule has 0 aliphatic rings. The first-order valence-corrected chi connectivity index (χ1v) is 7.53. The topological polar surface area (TPSA) is 62.5 Å². The molecule has 0 aliphatic heterocycles. The molecule has 1 aromatic heterocycles. The molecule has 4 nitrogen and oxygen atoms in total. The second-order valence-corrected chi connectivity index (χ2v) is 5.78. The lowest BCUT2D eigenvalue weighted by Gasteiger charge is -2.13. The van der Waals surface area contributed by atoms with Crippen LogP contribution in [0.1, 0.15) is 22.3 Å². The largest absolute Gasteiger partial charge is 0.508 e. The Morgan fingerprint density at radius 2 is 1.87 bits per heavy atom. The van der Waals surface area contributed by atoms with Gasteiger partial charge in [-0.1, -0.05) is 12.1 Å². The van der Waals surface area contributed by atoms with Crippen molar-refractivity contribution in [1.82, 2.24) is 0 Å². The highest BCUT2D eigenvalue weighted by Crippen LogP contribution is 2.28. The van der Waals surface area contributed by atoms with Crippen LogP contribution < -0.4 is 10.9 Å². The summed E-state index contributed by atoms with van der Waals surface area (Å²) in [6, 6.07) is 11.0. The maximum absolute atomic E-state index is 11.8. The number of nitrogens with one attached hydrogen (secondary N) is 1. The molecule has 0 saturated heterocycles. The molecule has 4 heteroatoms. The highest BCUT2D eigenvalue weighted by molar-refractivity contribution is 5.85. The highest BCUT2D eigenvalue weighted by Gasteiger charge is 2.11. The maximum Gasteiger partial charge on any atom is 0.336 e. The van der Waals surface area contributed by atoms with Crippen LogP contribution in [0.3, 0.4) is 0 Å². The van der Waals surface area contributed by atoms with Gasteiger partial charge in [-0.15, -0.1) is 0 Å². The lowest BCUT2D eigenvalue weighted by atomic mass is 10.1. The number of aryl methyl sites for hydroxylation is 2. The Balaban J connectivity index is 2.02. The zero-order valence-electron chi connectivity index (χ0n) is 13.4. The lowest BCUT2D eigenvalue weighted by Crippen LogP contribution is -2.07. The molecule has 2 aromatic carbocycles. The summed E-state index contributed by atoms with van der Waals surface area (Å²) in [6.07, 6.45) is 0. The van der Waals surface area contributed by atoms with E-state index in [4.69, 9.17) is 4.42 Å². The van der Waals surface area contributed by atoms with E-state index in [2.05, 4.69) is 25.2 Å². The molecule has 0 amide bonds. The first kappa shape index (κ1) is 15.2. The van der Waals surface area contributed by atoms with Gasteiger partial charge in [0.05, 0.1) is 0 Å². The van der Waals surface area contributed by atoms with Crippen molar-refractivity contribution in [1.29, 1.82) is 0 Å². The van der Waals surface area contributed by atoms with Gasteiger partial charge >= 0.3 is 5.63 Å². The standard InChI is InChI=1S/C19H19NO3/c1-11-5-4-6-16(12(11)2)20-10-14-9-18(22)23-19-13(3)17(21)8-7-15(14)19/h4-9,20-21H,10H2,1-3H3. The van der Waals surface area contributed by atoms with Crippen LogP contribution in [0.2, 0.25) is 0 Å². The Bertz CT molecular complexity index is 941. The lowest BCUT2D eigenvalue weighted by molar-refractivity contribution is 0.468. The minimum Gasteiger partial charge on any atom is -0.508 e. The van der Waals surface area contributed by atoms with Gasteiger partial charge in [0, 0.05) is 29.2 Å². The van der Waals surface area contributed by atoms with Gasteiger partial charge in [0.15, 0.2) is 0 Å². The molecule has 0 fully saturated rings. The third-order valence-electron chi connectivity index (χ3n) is 4.29. The van der Waals surface area contributed by atoms with Crippen molar-refractivity contribution < 1.29 is 9.52 Å². The van der Waals surface area contributed by atoms with Gasteiger partial charge in [-0.05, 0) is 55.7 Å². The summed E-state index contributed by atoms with van der Waals surface area (Å²) < 4.78 is 5.27. The van der Waals surface area contributed by atoms with Crippen LogP contribution in [-0.4, -0.2) is 5.11 Å². The summed E-state index contributed by atoms with van der Waals surface area (Å²) in [7, 11) is 0. The molecule has 3 rings (SSSR count). The fourth-order valence-electron chi connectivity index (χ4n) is 2.70. The summed E-state index contributed by atoms with van der Waals surface area (Å²) in [6.45, 7) is 6.38. The van der Waals surface area contributed by atoms with Crippen LogP contribution in [0.5, 0.6) is 5.75 Å². The monoisotopic (exact) mass is 309 g/mol. The smallest absolute Gasteiger partial charge is 0.336 e. The Hall–Kier alpha value is -2.75. The molecular weight excluding hydrogens is 290 g/mol. The average Bonchev–Trinajstić information content (AvgIpc) is 2.52. The summed E-state index contributed by atoms with van der Waals surface area (Å²) in [5, 5.41) is 14.0. The molecule has 0 radical (unpaired) electrons. The van der Waals surface area contributed by atoms with Crippen molar-refractivity contribution in [2.24, 2.45) is 0 Å². The average molecular weight is 309 g/mol. The van der Waals surface area contributed by atoms with Crippen LogP contribution >= 0.6 is 0 Å². The number of hydrogen-bond donors (Lipinski definition) is 2. The number of rotatable bonds is 3. The van der Waals surface area contributed by atoms with Crippen LogP contribution in [0.15, 0.2) is 45.6 Å². The van der Waals surface area contributed by atoms with E-state index >= 15 is 0 Å². The van der Waals surface area contributed by atoms with E-state index in [1.54, 1.807) is 19.1 Å². The van der Waals surface area contributed by atoms with Gasteiger partial charge in [-0.2, -0.15) is 0 Å². The predicted molar refractivity (Wildman–Crippen MR) is 92.1 cm³/mol. The van der Waals surface area contributed by atoms with Gasteiger partial charge in [0.25, 0.3) is 0 Å². The van der Waals surface area contributed by atoms with E-state index in [0.29, 0.717) is 17.7 Å². The summed E-state index contributed by atoms with van der Waals surface area (Å²) in [5.41, 5.74) is 4.90. The number of fused-ring (bicyclic) bond motifs is 1. The molecule has 0 atom stereocenters. The Morgan fingerprint density at radius 3 is 2.65 bits per heavy atom. The predicted octanol–water partition coefficient (Wildman–Crippen LogP) is 4.04. The van der Waals surface area contributed by atoms with Crippen LogP contribution in [0, 0.1) is 20.8 Å². The SMILES string of the molecule is Cc1cccc(NCc2cc(=O)oc3c(C)c(O)ccc23)c1C. The van der Waals surface area contributed by atoms with Crippen molar-refractivity contribution in [3.63, 3.8) is 0 Å². The Labute approximate surface area is 134 Å². The number of phenolic OH excluding ortho intramolecular Hbond substituents is 1. The van der Waals surface area contributed by atoms with Crippen molar-refractivity contribution in [2.75, 3.05) is 5.32 Å². The molecule has 3 aromatic rings. The van der Waals surface area contributed by atoms with E-state index < -0.39 is 5.63 Å². The fraction of sp³-hybridized carbons (Fsp3) is 0.211. The summed E-state index contributed by atoms with van der Waals surface area (Å²) >= 11 is 0. The highest BCUT2D eigenvalue weighted by atomic mass is 16.4. The van der Waals surface area contributed by atoms with Crippen LogP contribution in [-0.2, 0) is 6.54 Å². The molecule has 0 bridgehead atoms. The molecule has 0 saturated carbocycles. The maximum atomic E-state index is 11.8. The Morgan fingerprint density at radius 1 is 1.09 bits per heavy atom. The van der Waals surface area contributed by atoms with E-state index in [9.17, 15) is 9.90 Å². The first-order chi connectivity index (χ1) is 11.0. The summed E-state index contributed by atoms with van der Waals surface area (Å²) in [4.78, 5) is 11.8. The molecule has 23 heavy (non-hydrogen) atoms. The van der Waals surface area contributed by atoms with Crippen LogP contribution in [0.25, 0.3) is 11.0 Å². The van der Waals surface area contributed by atoms with E-state index in [1.807, 2.05) is 12.1 Å². The molecule has 0 spiro atoms. The first-order valence-electron chi connectivity index (χ1n) is 7.53. The fourth-order valence-corrected chi connectivity index (χ4v) is 2.70. The minimum atomic E-state index is -0.413. The van der Waals surface area contributed by atoms with Gasteiger partial charge < -0.3 is 14.8 Å². The number of anilines is 1. The zero-order chi connectivity index (χ0) is 16.6. The summed E-state index contributed by atoms with van der Waals surface area (Å²) in [5.74, 6) is 0.125. The number of benzene rings is 2. The molecule has 2 N–H and O–H groups in total. The molecule has 0 unspecified atom stereocenters. The second-order valence-electron chi connectivity index (χ2n) is 5.78. The normalized spacial score (nSPS) is 10.9. The number of hydrogen-bond acceptors (Lipinski definition) is 4. The quantitative estimate of drug-likeness (QED) is 0.717. The zero-order valence-corrected chi connectivity index (χ0v) is 13.4. The van der Waals surface area contributed by atoms with Gasteiger partial charge in [0.1, 0.15) is 11.3 Å². The molecule has 1 heterocycles. The van der Waals surface area contributed by atoms with Gasteiger partial charge in [-0.3, -0.25) is 0 Å². The van der Waals surface area contributed by atoms with Crippen molar-refractivity contribution in [3.8, 4) is 5.75 Å². The van der Waals surface area contributed by atoms with E-state index in [1.165, 1.54) is 17.2 Å². The third kappa shape index (κ3) is 2.80. The number of aromatic hydroxyl groups is 1. The van der Waals surface area contributed by atoms with Gasteiger partial charge in [-0.25, -0.2) is 4.79 Å². The molecule has 118 valence electrons. The van der Waals surface area contributed by atoms with E-state index in [-0.39, 0.29) is 5.75 Å². The Kier molecular flexibility index (Phi) is 3.82. The van der Waals surface area contributed by atoms with Crippen molar-refractivity contribution in [2.45, 2.75) is 27.3 Å². The van der Waals surface area contributed by atoms with Gasteiger partial charge in [0.2, 0.25) is 0 Å². The number of phenols is 1. The third-order valence-corrected chi connectivity index (χ3v) is 4.29. The van der Waals surface area contributed by atoms with Crippen molar-refractivity contribution in [3.05, 3.63) is 69.1 Å². The van der Waals surface area contributed by atoms with Crippen molar-refractivity contribution >= 4 is 16.7 Å². The van der Waals surface area contributed by atoms with Crippen LogP contribution in [0.4, 0.5) is 5.69 Å². The minimum absolute atomic E-state index is 0.125. The molecular formula is C19H19NO3.